The van der Waals surface area contributed by atoms with Crippen LogP contribution in [0.3, 0.4) is 0 Å². The van der Waals surface area contributed by atoms with Gasteiger partial charge in [0, 0.05) is 12.1 Å². The molecule has 2 aromatic rings. The summed E-state index contributed by atoms with van der Waals surface area (Å²) >= 11 is 0. The maximum atomic E-state index is 12.3. The molecule has 2 aromatic carbocycles. The van der Waals surface area contributed by atoms with Crippen LogP contribution < -0.4 is 19.5 Å². The van der Waals surface area contributed by atoms with Gasteiger partial charge in [-0.2, -0.15) is 0 Å². The molecule has 0 aromatic heterocycles. The lowest BCUT2D eigenvalue weighted by molar-refractivity contribution is -0.139. The summed E-state index contributed by atoms with van der Waals surface area (Å²) in [5, 5.41) is 11.5. The van der Waals surface area contributed by atoms with Gasteiger partial charge in [0.15, 0.2) is 6.61 Å². The van der Waals surface area contributed by atoms with Crippen molar-refractivity contribution >= 4 is 11.9 Å². The summed E-state index contributed by atoms with van der Waals surface area (Å²) in [5.41, 5.74) is 1.47. The molecule has 0 atom stereocenters. The number of methoxy groups -OCH3 is 2. The number of carboxylic acids is 1. The van der Waals surface area contributed by atoms with Crippen LogP contribution in [0.4, 0.5) is 0 Å². The molecule has 0 aliphatic carbocycles. The molecule has 2 N–H and O–H groups in total. The largest absolute Gasteiger partial charge is 0.496 e. The van der Waals surface area contributed by atoms with Crippen LogP contribution in [0.5, 0.6) is 17.2 Å². The number of hydrogen-bond donors (Lipinski definition) is 2. The molecule has 0 aliphatic heterocycles. The lowest BCUT2D eigenvalue weighted by Gasteiger charge is -2.13. The van der Waals surface area contributed by atoms with Crippen molar-refractivity contribution in [2.24, 2.45) is 0 Å². The van der Waals surface area contributed by atoms with E-state index in [0.29, 0.717) is 29.4 Å². The minimum absolute atomic E-state index is 0.113. The zero-order chi connectivity index (χ0) is 18.9. The summed E-state index contributed by atoms with van der Waals surface area (Å²) in [6, 6.07) is 12.2. The first-order chi connectivity index (χ1) is 12.5. The Kier molecular flexibility index (Phi) is 6.84. The maximum Gasteiger partial charge on any atom is 0.341 e. The SMILES string of the molecule is COc1cccc(OC)c1CC(=O)NCc1cccc(OCC(=O)O)c1. The number of rotatable bonds is 9. The van der Waals surface area contributed by atoms with Gasteiger partial charge in [0.1, 0.15) is 17.2 Å². The third-order valence-electron chi connectivity index (χ3n) is 3.62. The zero-order valence-electron chi connectivity index (χ0n) is 14.7. The number of amides is 1. The van der Waals surface area contributed by atoms with Gasteiger partial charge >= 0.3 is 5.97 Å². The third kappa shape index (κ3) is 5.41. The predicted octanol–water partition coefficient (Wildman–Crippen LogP) is 2.03. The highest BCUT2D eigenvalue weighted by Gasteiger charge is 2.14. The quantitative estimate of drug-likeness (QED) is 0.711. The summed E-state index contributed by atoms with van der Waals surface area (Å²) in [4.78, 5) is 22.8. The van der Waals surface area contributed by atoms with Crippen molar-refractivity contribution < 1.29 is 28.9 Å². The van der Waals surface area contributed by atoms with Crippen LogP contribution in [0, 0.1) is 0 Å². The van der Waals surface area contributed by atoms with Crippen molar-refractivity contribution in [3.63, 3.8) is 0 Å². The second-order valence-electron chi connectivity index (χ2n) is 5.42. The summed E-state index contributed by atoms with van der Waals surface area (Å²) in [6.45, 7) is -0.121. The highest BCUT2D eigenvalue weighted by atomic mass is 16.5. The summed E-state index contributed by atoms with van der Waals surface area (Å²) in [6.07, 6.45) is 0.113. The van der Waals surface area contributed by atoms with Crippen molar-refractivity contribution in [2.45, 2.75) is 13.0 Å². The first kappa shape index (κ1) is 19.1. The Balaban J connectivity index is 1.97. The Hall–Kier alpha value is -3.22. The van der Waals surface area contributed by atoms with Gasteiger partial charge in [-0.05, 0) is 29.8 Å². The molecule has 0 fully saturated rings. The average molecular weight is 359 g/mol. The second-order valence-corrected chi connectivity index (χ2v) is 5.42. The van der Waals surface area contributed by atoms with E-state index in [1.165, 1.54) is 0 Å². The van der Waals surface area contributed by atoms with Gasteiger partial charge < -0.3 is 24.6 Å². The number of ether oxygens (including phenoxy) is 3. The fraction of sp³-hybridized carbons (Fsp3) is 0.263. The highest BCUT2D eigenvalue weighted by Crippen LogP contribution is 2.28. The molecule has 0 saturated heterocycles. The van der Waals surface area contributed by atoms with Gasteiger partial charge in [0.2, 0.25) is 5.91 Å². The van der Waals surface area contributed by atoms with Crippen LogP contribution in [0.15, 0.2) is 42.5 Å². The third-order valence-corrected chi connectivity index (χ3v) is 3.62. The number of aliphatic carboxylic acids is 1. The number of carbonyl (C=O) groups is 2. The van der Waals surface area contributed by atoms with E-state index in [2.05, 4.69) is 5.32 Å². The molecule has 0 aliphatic rings. The molecule has 1 amide bonds. The smallest absolute Gasteiger partial charge is 0.341 e. The van der Waals surface area contributed by atoms with E-state index in [4.69, 9.17) is 19.3 Å². The van der Waals surface area contributed by atoms with Gasteiger partial charge in [-0.1, -0.05) is 18.2 Å². The van der Waals surface area contributed by atoms with Gasteiger partial charge in [-0.25, -0.2) is 4.79 Å². The summed E-state index contributed by atoms with van der Waals surface area (Å²) < 4.78 is 15.7. The van der Waals surface area contributed by atoms with E-state index in [9.17, 15) is 9.59 Å². The zero-order valence-corrected chi connectivity index (χ0v) is 14.7. The Labute approximate surface area is 151 Å². The van der Waals surface area contributed by atoms with Crippen LogP contribution in [0.2, 0.25) is 0 Å². The van der Waals surface area contributed by atoms with Gasteiger partial charge in [0.25, 0.3) is 0 Å². The minimum Gasteiger partial charge on any atom is -0.496 e. The lowest BCUT2D eigenvalue weighted by atomic mass is 10.1. The van der Waals surface area contributed by atoms with E-state index in [1.54, 1.807) is 50.6 Å². The molecule has 7 nitrogen and oxygen atoms in total. The molecule has 7 heteroatoms. The number of carboxylic acid groups (broad SMARTS) is 1. The molecule has 0 heterocycles. The number of benzene rings is 2. The molecule has 138 valence electrons. The summed E-state index contributed by atoms with van der Waals surface area (Å²) in [7, 11) is 3.08. The molecule has 0 bridgehead atoms. The van der Waals surface area contributed by atoms with Crippen molar-refractivity contribution in [3.8, 4) is 17.2 Å². The van der Waals surface area contributed by atoms with E-state index in [1.807, 2.05) is 6.07 Å². The van der Waals surface area contributed by atoms with Crippen LogP contribution >= 0.6 is 0 Å². The van der Waals surface area contributed by atoms with E-state index < -0.39 is 12.6 Å². The predicted molar refractivity (Wildman–Crippen MR) is 94.7 cm³/mol. The Morgan fingerprint density at radius 1 is 1.04 bits per heavy atom. The van der Waals surface area contributed by atoms with Crippen LogP contribution in [0.25, 0.3) is 0 Å². The lowest BCUT2D eigenvalue weighted by Crippen LogP contribution is -2.25. The fourth-order valence-corrected chi connectivity index (χ4v) is 2.42. The van der Waals surface area contributed by atoms with Crippen molar-refractivity contribution in [3.05, 3.63) is 53.6 Å². The van der Waals surface area contributed by atoms with Gasteiger partial charge in [0.05, 0.1) is 20.6 Å². The standard InChI is InChI=1S/C19H21NO6/c1-24-16-7-4-8-17(25-2)15(16)10-18(21)20-11-13-5-3-6-14(9-13)26-12-19(22)23/h3-9H,10-12H2,1-2H3,(H,20,21)(H,22,23). The molecule has 26 heavy (non-hydrogen) atoms. The molecule has 0 radical (unpaired) electrons. The molecule has 0 unspecified atom stereocenters. The second kappa shape index (κ2) is 9.31. The topological polar surface area (TPSA) is 94.1 Å². The van der Waals surface area contributed by atoms with Crippen LogP contribution in [-0.4, -0.2) is 37.8 Å². The average Bonchev–Trinajstić information content (AvgIpc) is 2.65. The minimum atomic E-state index is -1.05. The summed E-state index contributed by atoms with van der Waals surface area (Å²) in [5.74, 6) is 0.372. The fourth-order valence-electron chi connectivity index (χ4n) is 2.42. The van der Waals surface area contributed by atoms with Gasteiger partial charge in [-0.15, -0.1) is 0 Å². The van der Waals surface area contributed by atoms with Crippen LogP contribution in [0.1, 0.15) is 11.1 Å². The number of hydrogen-bond acceptors (Lipinski definition) is 5. The van der Waals surface area contributed by atoms with Crippen molar-refractivity contribution in [1.82, 2.24) is 5.32 Å². The van der Waals surface area contributed by atoms with Crippen molar-refractivity contribution in [2.75, 3.05) is 20.8 Å². The number of carbonyl (C=O) groups excluding carboxylic acids is 1. The molecule has 0 spiro atoms. The Morgan fingerprint density at radius 3 is 2.31 bits per heavy atom. The van der Waals surface area contributed by atoms with E-state index in [0.717, 1.165) is 5.56 Å². The molecular formula is C19H21NO6. The maximum absolute atomic E-state index is 12.3. The van der Waals surface area contributed by atoms with E-state index in [-0.39, 0.29) is 12.3 Å². The monoisotopic (exact) mass is 359 g/mol. The molecular weight excluding hydrogens is 338 g/mol. The first-order valence-corrected chi connectivity index (χ1v) is 7.93. The van der Waals surface area contributed by atoms with Crippen LogP contribution in [-0.2, 0) is 22.6 Å². The Morgan fingerprint density at radius 2 is 1.69 bits per heavy atom. The Bertz CT molecular complexity index is 752. The molecule has 0 saturated carbocycles. The normalized spacial score (nSPS) is 10.1. The van der Waals surface area contributed by atoms with Gasteiger partial charge in [-0.3, -0.25) is 4.79 Å². The molecule has 2 rings (SSSR count). The van der Waals surface area contributed by atoms with Crippen molar-refractivity contribution in [1.29, 1.82) is 0 Å². The number of nitrogens with one attached hydrogen (secondary N) is 1. The first-order valence-electron chi connectivity index (χ1n) is 7.93. The van der Waals surface area contributed by atoms with E-state index >= 15 is 0 Å². The highest BCUT2D eigenvalue weighted by molar-refractivity contribution is 5.80.